The normalized spacial score (nSPS) is 12.2. The molecule has 164 valence electrons. The van der Waals surface area contributed by atoms with Crippen molar-refractivity contribution in [1.29, 1.82) is 0 Å². The van der Waals surface area contributed by atoms with Gasteiger partial charge in [-0.3, -0.25) is 9.59 Å². The average molecular weight is 461 g/mol. The minimum absolute atomic E-state index is 0.105. The number of thiocarbonyl (C=S) groups is 1. The summed E-state index contributed by atoms with van der Waals surface area (Å²) in [6.45, 7) is 2.09. The lowest BCUT2D eigenvalue weighted by Gasteiger charge is -2.22. The Morgan fingerprint density at radius 2 is 1.61 bits per heavy atom. The van der Waals surface area contributed by atoms with E-state index >= 15 is 0 Å². The van der Waals surface area contributed by atoms with Crippen molar-refractivity contribution in [2.24, 2.45) is 0 Å². The summed E-state index contributed by atoms with van der Waals surface area (Å²) in [5.74, 6) is -1.64. The molecule has 0 aliphatic heterocycles. The number of nitrogens with one attached hydrogen (secondary N) is 2. The second-order valence-electron chi connectivity index (χ2n) is 6.29. The molecule has 0 saturated carbocycles. The van der Waals surface area contributed by atoms with Gasteiger partial charge in [0.25, 0.3) is 11.8 Å². The van der Waals surface area contributed by atoms with Crippen molar-refractivity contribution in [3.63, 3.8) is 0 Å². The first-order valence-electron chi connectivity index (χ1n) is 9.56. The largest absolute Gasteiger partial charge is 0.479 e. The third-order valence-electron chi connectivity index (χ3n) is 4.10. The Morgan fingerprint density at radius 3 is 2.19 bits per heavy atom. The standard InChI is InChI=1S/C22H24N2O5S2/c1-3-29-22(30)31-20(24-18(25)16-12-8-5-9-13-16)19(26)23-17(21(27)28-2)14-15-10-6-4-7-11-15/h4-13,17,20H,3,14H2,1-2H3,(H,23,26)(H,24,25)/t17-,20-/m0/s1. The van der Waals surface area contributed by atoms with Gasteiger partial charge in [-0.1, -0.05) is 48.5 Å². The van der Waals surface area contributed by atoms with E-state index in [9.17, 15) is 14.4 Å². The van der Waals surface area contributed by atoms with Gasteiger partial charge in [0, 0.05) is 12.0 Å². The zero-order chi connectivity index (χ0) is 22.6. The lowest BCUT2D eigenvalue weighted by Crippen LogP contribution is -2.51. The van der Waals surface area contributed by atoms with Crippen LogP contribution in [-0.4, -0.2) is 47.3 Å². The monoisotopic (exact) mass is 460 g/mol. The van der Waals surface area contributed by atoms with Gasteiger partial charge in [-0.15, -0.1) is 0 Å². The molecule has 0 fully saturated rings. The van der Waals surface area contributed by atoms with Crippen LogP contribution in [-0.2, 0) is 25.5 Å². The Balaban J connectivity index is 2.17. The SMILES string of the molecule is CCOC(=S)S[C@H](NC(=O)c1ccccc1)C(=O)N[C@@H](Cc1ccccc1)C(=O)OC. The van der Waals surface area contributed by atoms with Crippen LogP contribution in [0, 0.1) is 0 Å². The van der Waals surface area contributed by atoms with Gasteiger partial charge in [-0.25, -0.2) is 4.79 Å². The van der Waals surface area contributed by atoms with Crippen LogP contribution in [0.25, 0.3) is 0 Å². The highest BCUT2D eigenvalue weighted by molar-refractivity contribution is 8.23. The van der Waals surface area contributed by atoms with Crippen molar-refractivity contribution in [1.82, 2.24) is 10.6 Å². The van der Waals surface area contributed by atoms with Crippen LogP contribution >= 0.6 is 24.0 Å². The predicted octanol–water partition coefficient (Wildman–Crippen LogP) is 2.70. The van der Waals surface area contributed by atoms with Crippen LogP contribution < -0.4 is 10.6 Å². The Hall–Kier alpha value is -2.91. The van der Waals surface area contributed by atoms with Gasteiger partial charge in [0.2, 0.25) is 4.38 Å². The number of carbonyl (C=O) groups is 3. The first-order chi connectivity index (χ1) is 14.9. The van der Waals surface area contributed by atoms with Crippen molar-refractivity contribution in [3.05, 3.63) is 71.8 Å². The van der Waals surface area contributed by atoms with Crippen LogP contribution in [0.3, 0.4) is 0 Å². The number of esters is 1. The second kappa shape index (κ2) is 12.7. The molecular weight excluding hydrogens is 436 g/mol. The summed E-state index contributed by atoms with van der Waals surface area (Å²) in [6, 6.07) is 16.8. The summed E-state index contributed by atoms with van der Waals surface area (Å²) >= 11 is 6.01. The Bertz CT molecular complexity index is 893. The molecule has 0 aromatic heterocycles. The predicted molar refractivity (Wildman–Crippen MR) is 124 cm³/mol. The first-order valence-corrected chi connectivity index (χ1v) is 10.8. The number of carbonyl (C=O) groups excluding carboxylic acids is 3. The fourth-order valence-electron chi connectivity index (χ4n) is 2.62. The van der Waals surface area contributed by atoms with Gasteiger partial charge in [0.1, 0.15) is 6.04 Å². The maximum atomic E-state index is 13.0. The second-order valence-corrected chi connectivity index (χ2v) is 8.00. The Labute approximate surface area is 190 Å². The van der Waals surface area contributed by atoms with E-state index in [1.165, 1.54) is 7.11 Å². The smallest absolute Gasteiger partial charge is 0.328 e. The topological polar surface area (TPSA) is 93.7 Å². The van der Waals surface area contributed by atoms with Crippen LogP contribution in [0.2, 0.25) is 0 Å². The third kappa shape index (κ3) is 8.03. The summed E-state index contributed by atoms with van der Waals surface area (Å²) < 4.78 is 10.2. The fourth-order valence-corrected chi connectivity index (χ4v) is 3.75. The number of hydrogen-bond acceptors (Lipinski definition) is 7. The molecule has 2 N–H and O–H groups in total. The van der Waals surface area contributed by atoms with Crippen LogP contribution in [0.15, 0.2) is 60.7 Å². The molecule has 0 radical (unpaired) electrons. The maximum Gasteiger partial charge on any atom is 0.328 e. The quantitative estimate of drug-likeness (QED) is 0.338. The molecule has 9 heteroatoms. The highest BCUT2D eigenvalue weighted by Crippen LogP contribution is 2.15. The van der Waals surface area contributed by atoms with Crippen molar-refractivity contribution in [2.45, 2.75) is 24.8 Å². The molecule has 2 aromatic rings. The molecule has 0 spiro atoms. The molecule has 31 heavy (non-hydrogen) atoms. The van der Waals surface area contributed by atoms with Crippen LogP contribution in [0.4, 0.5) is 0 Å². The number of hydrogen-bond donors (Lipinski definition) is 2. The van der Waals surface area contributed by atoms with E-state index in [1.807, 2.05) is 30.3 Å². The highest BCUT2D eigenvalue weighted by atomic mass is 32.2. The highest BCUT2D eigenvalue weighted by Gasteiger charge is 2.29. The van der Waals surface area contributed by atoms with Gasteiger partial charge in [0.05, 0.1) is 13.7 Å². The minimum atomic E-state index is -1.10. The van der Waals surface area contributed by atoms with Crippen molar-refractivity contribution >= 4 is 46.1 Å². The number of methoxy groups -OCH3 is 1. The molecule has 2 atom stereocenters. The first kappa shape index (κ1) is 24.4. The summed E-state index contributed by atoms with van der Waals surface area (Å²) in [5, 5.41) is 4.20. The molecule has 2 amide bonds. The average Bonchev–Trinajstić information content (AvgIpc) is 2.79. The molecule has 0 unspecified atom stereocenters. The van der Waals surface area contributed by atoms with E-state index < -0.39 is 29.2 Å². The van der Waals surface area contributed by atoms with E-state index in [2.05, 4.69) is 10.6 Å². The minimum Gasteiger partial charge on any atom is -0.479 e. The third-order valence-corrected chi connectivity index (χ3v) is 5.38. The molecule has 7 nitrogen and oxygen atoms in total. The summed E-state index contributed by atoms with van der Waals surface area (Å²) in [7, 11) is 1.25. The van der Waals surface area contributed by atoms with Gasteiger partial charge in [-0.05, 0) is 48.6 Å². The number of amides is 2. The maximum absolute atomic E-state index is 13.0. The lowest BCUT2D eigenvalue weighted by molar-refractivity contribution is -0.145. The van der Waals surface area contributed by atoms with Gasteiger partial charge < -0.3 is 20.1 Å². The van der Waals surface area contributed by atoms with Crippen molar-refractivity contribution in [3.8, 4) is 0 Å². The van der Waals surface area contributed by atoms with E-state index in [0.717, 1.165) is 17.3 Å². The van der Waals surface area contributed by atoms with Crippen LogP contribution in [0.1, 0.15) is 22.8 Å². The van der Waals surface area contributed by atoms with E-state index in [-0.39, 0.29) is 10.8 Å². The number of rotatable bonds is 9. The van der Waals surface area contributed by atoms with Gasteiger partial charge in [-0.2, -0.15) is 0 Å². The number of thioether (sulfide) groups is 1. The number of benzene rings is 2. The Kier molecular flexibility index (Phi) is 9.99. The fraction of sp³-hybridized carbons (Fsp3) is 0.273. The van der Waals surface area contributed by atoms with Gasteiger partial charge in [0.15, 0.2) is 5.37 Å². The van der Waals surface area contributed by atoms with Crippen molar-refractivity contribution in [2.75, 3.05) is 13.7 Å². The zero-order valence-corrected chi connectivity index (χ0v) is 18.8. The zero-order valence-electron chi connectivity index (χ0n) is 17.2. The van der Waals surface area contributed by atoms with E-state index in [0.29, 0.717) is 12.2 Å². The van der Waals surface area contributed by atoms with E-state index in [4.69, 9.17) is 21.7 Å². The summed E-state index contributed by atoms with van der Waals surface area (Å²) in [6.07, 6.45) is 0.235. The molecule has 2 aromatic carbocycles. The van der Waals surface area contributed by atoms with Crippen molar-refractivity contribution < 1.29 is 23.9 Å². The molecule has 0 saturated heterocycles. The van der Waals surface area contributed by atoms with Crippen LogP contribution in [0.5, 0.6) is 0 Å². The molecular formula is C22H24N2O5S2. The molecule has 0 aliphatic carbocycles. The summed E-state index contributed by atoms with van der Waals surface area (Å²) in [5.41, 5.74) is 1.23. The summed E-state index contributed by atoms with van der Waals surface area (Å²) in [4.78, 5) is 37.8. The van der Waals surface area contributed by atoms with E-state index in [1.54, 1.807) is 37.3 Å². The Morgan fingerprint density at radius 1 is 1.00 bits per heavy atom. The number of ether oxygens (including phenoxy) is 2. The molecule has 0 heterocycles. The molecule has 2 rings (SSSR count). The lowest BCUT2D eigenvalue weighted by atomic mass is 10.1. The van der Waals surface area contributed by atoms with Gasteiger partial charge >= 0.3 is 5.97 Å². The molecule has 0 aliphatic rings. The molecule has 0 bridgehead atoms.